The molecule has 0 heterocycles. The monoisotopic (exact) mass is 300 g/mol. The molecule has 0 radical (unpaired) electrons. The average Bonchev–Trinajstić information content (AvgIpc) is 2.45. The molecule has 0 atom stereocenters. The minimum atomic E-state index is -3.08. The molecule has 0 aromatic heterocycles. The van der Waals surface area contributed by atoms with Crippen molar-refractivity contribution < 1.29 is 22.7 Å². The van der Waals surface area contributed by atoms with Crippen molar-refractivity contribution in [3.63, 3.8) is 0 Å². The normalized spacial score (nSPS) is 11.1. The summed E-state index contributed by atoms with van der Waals surface area (Å²) in [5, 5.41) is 0. The van der Waals surface area contributed by atoms with E-state index >= 15 is 0 Å². The molecule has 5 nitrogen and oxygen atoms in total. The summed E-state index contributed by atoms with van der Waals surface area (Å²) in [7, 11) is -3.08. The van der Waals surface area contributed by atoms with Crippen LogP contribution in [0.25, 0.3) is 0 Å². The van der Waals surface area contributed by atoms with E-state index in [0.717, 1.165) is 6.42 Å². The number of rotatable bonds is 9. The van der Waals surface area contributed by atoms with Crippen LogP contribution in [0.5, 0.6) is 11.5 Å². The van der Waals surface area contributed by atoms with Crippen LogP contribution in [-0.2, 0) is 9.84 Å². The summed E-state index contributed by atoms with van der Waals surface area (Å²) in [6.07, 6.45) is 1.55. The maximum absolute atomic E-state index is 11.4. The minimum absolute atomic E-state index is 0.0221. The number of sulfone groups is 1. The lowest BCUT2D eigenvalue weighted by atomic mass is 10.2. The molecule has 0 saturated carbocycles. The van der Waals surface area contributed by atoms with Crippen molar-refractivity contribution in [3.8, 4) is 11.5 Å². The first-order valence-electron chi connectivity index (χ1n) is 6.57. The van der Waals surface area contributed by atoms with Crippen LogP contribution >= 0.6 is 0 Å². The summed E-state index contributed by atoms with van der Waals surface area (Å²) in [6, 6.07) is 4.90. The molecule has 0 spiro atoms. The molecular formula is C14H20O5S. The summed E-state index contributed by atoms with van der Waals surface area (Å²) < 4.78 is 33.6. The van der Waals surface area contributed by atoms with Crippen molar-refractivity contribution in [1.82, 2.24) is 0 Å². The van der Waals surface area contributed by atoms with E-state index in [1.807, 2.05) is 6.92 Å². The predicted octanol–water partition coefficient (Wildman–Crippen LogP) is 2.10. The highest BCUT2D eigenvalue weighted by Gasteiger charge is 2.10. The Morgan fingerprint density at radius 2 is 1.90 bits per heavy atom. The molecule has 0 aliphatic carbocycles. The maximum Gasteiger partial charge on any atom is 0.153 e. The lowest BCUT2D eigenvalue weighted by Crippen LogP contribution is -2.16. The number of carbonyl (C=O) groups is 1. The summed E-state index contributed by atoms with van der Waals surface area (Å²) in [4.78, 5) is 10.9. The zero-order valence-electron chi connectivity index (χ0n) is 11.8. The third kappa shape index (κ3) is 5.21. The first kappa shape index (κ1) is 16.5. The Hall–Kier alpha value is -1.56. The van der Waals surface area contributed by atoms with E-state index in [2.05, 4.69) is 0 Å². The molecular weight excluding hydrogens is 280 g/mol. The fraction of sp³-hybridized carbons (Fsp3) is 0.500. The molecule has 0 saturated heterocycles. The number of benzene rings is 1. The molecule has 1 aromatic rings. The van der Waals surface area contributed by atoms with Crippen LogP contribution in [0.4, 0.5) is 0 Å². The van der Waals surface area contributed by atoms with Gasteiger partial charge in [0, 0.05) is 11.8 Å². The SMILES string of the molecule is CCCOc1ccc(C=O)c(OCCS(=O)(=O)CC)c1. The largest absolute Gasteiger partial charge is 0.493 e. The van der Waals surface area contributed by atoms with Gasteiger partial charge in [-0.05, 0) is 18.6 Å². The molecule has 0 amide bonds. The highest BCUT2D eigenvalue weighted by atomic mass is 32.2. The maximum atomic E-state index is 11.4. The van der Waals surface area contributed by atoms with Crippen LogP contribution in [0.2, 0.25) is 0 Å². The molecule has 6 heteroatoms. The lowest BCUT2D eigenvalue weighted by molar-refractivity contribution is 0.112. The van der Waals surface area contributed by atoms with E-state index in [4.69, 9.17) is 9.47 Å². The molecule has 1 aromatic carbocycles. The van der Waals surface area contributed by atoms with Gasteiger partial charge in [-0.25, -0.2) is 8.42 Å². The minimum Gasteiger partial charge on any atom is -0.493 e. The molecule has 0 bridgehead atoms. The zero-order chi connectivity index (χ0) is 15.0. The fourth-order valence-electron chi connectivity index (χ4n) is 1.47. The predicted molar refractivity (Wildman–Crippen MR) is 77.4 cm³/mol. The molecule has 1 rings (SSSR count). The third-order valence-electron chi connectivity index (χ3n) is 2.68. The van der Waals surface area contributed by atoms with Gasteiger partial charge in [-0.2, -0.15) is 0 Å². The molecule has 20 heavy (non-hydrogen) atoms. The molecule has 0 unspecified atom stereocenters. The first-order valence-corrected chi connectivity index (χ1v) is 8.39. The van der Waals surface area contributed by atoms with E-state index in [1.54, 1.807) is 25.1 Å². The van der Waals surface area contributed by atoms with Gasteiger partial charge >= 0.3 is 0 Å². The quantitative estimate of drug-likeness (QED) is 0.653. The van der Waals surface area contributed by atoms with Gasteiger partial charge in [-0.15, -0.1) is 0 Å². The van der Waals surface area contributed by atoms with Gasteiger partial charge in [-0.3, -0.25) is 4.79 Å². The average molecular weight is 300 g/mol. The van der Waals surface area contributed by atoms with E-state index < -0.39 is 9.84 Å². The van der Waals surface area contributed by atoms with Crippen molar-refractivity contribution in [2.75, 3.05) is 24.7 Å². The standard InChI is InChI=1S/C14H20O5S/c1-3-7-18-13-6-5-12(11-15)14(10-13)19-8-9-20(16,17)4-2/h5-6,10-11H,3-4,7-9H2,1-2H3. The van der Waals surface area contributed by atoms with Crippen LogP contribution < -0.4 is 9.47 Å². The van der Waals surface area contributed by atoms with Crippen molar-refractivity contribution in [1.29, 1.82) is 0 Å². The number of aldehydes is 1. The van der Waals surface area contributed by atoms with E-state index in [9.17, 15) is 13.2 Å². The van der Waals surface area contributed by atoms with E-state index in [1.165, 1.54) is 0 Å². The van der Waals surface area contributed by atoms with E-state index in [-0.39, 0.29) is 18.1 Å². The number of ether oxygens (including phenoxy) is 2. The Labute approximate surface area is 119 Å². The second-order valence-corrected chi connectivity index (χ2v) is 6.72. The molecule has 0 fully saturated rings. The third-order valence-corrected chi connectivity index (χ3v) is 4.34. The molecule has 0 N–H and O–H groups in total. The van der Waals surface area contributed by atoms with Crippen molar-refractivity contribution in [2.45, 2.75) is 20.3 Å². The van der Waals surface area contributed by atoms with Gasteiger partial charge in [0.05, 0.1) is 17.9 Å². The molecule has 0 aliphatic heterocycles. The smallest absolute Gasteiger partial charge is 0.153 e. The van der Waals surface area contributed by atoms with Gasteiger partial charge < -0.3 is 9.47 Å². The van der Waals surface area contributed by atoms with Gasteiger partial charge in [0.25, 0.3) is 0 Å². The highest BCUT2D eigenvalue weighted by molar-refractivity contribution is 7.91. The zero-order valence-corrected chi connectivity index (χ0v) is 12.6. The number of hydrogen-bond donors (Lipinski definition) is 0. The van der Waals surface area contributed by atoms with Crippen molar-refractivity contribution in [3.05, 3.63) is 23.8 Å². The summed E-state index contributed by atoms with van der Waals surface area (Å²) in [6.45, 7) is 4.18. The Kier molecular flexibility index (Phi) is 6.51. The van der Waals surface area contributed by atoms with Crippen LogP contribution in [-0.4, -0.2) is 39.4 Å². The Bertz CT molecular complexity index is 536. The van der Waals surface area contributed by atoms with Crippen LogP contribution in [0.1, 0.15) is 30.6 Å². The Morgan fingerprint density at radius 1 is 1.15 bits per heavy atom. The second-order valence-electron chi connectivity index (χ2n) is 4.25. The summed E-state index contributed by atoms with van der Waals surface area (Å²) in [5.41, 5.74) is 0.378. The molecule has 112 valence electrons. The topological polar surface area (TPSA) is 69.7 Å². The van der Waals surface area contributed by atoms with Crippen LogP contribution in [0, 0.1) is 0 Å². The van der Waals surface area contributed by atoms with Gasteiger partial charge in [0.2, 0.25) is 0 Å². The van der Waals surface area contributed by atoms with Gasteiger partial charge in [0.1, 0.15) is 18.1 Å². The number of carbonyl (C=O) groups excluding carboxylic acids is 1. The van der Waals surface area contributed by atoms with Gasteiger partial charge in [-0.1, -0.05) is 13.8 Å². The van der Waals surface area contributed by atoms with Crippen molar-refractivity contribution in [2.24, 2.45) is 0 Å². The van der Waals surface area contributed by atoms with E-state index in [0.29, 0.717) is 30.0 Å². The second kappa shape index (κ2) is 7.89. The Morgan fingerprint density at radius 3 is 2.50 bits per heavy atom. The molecule has 0 aliphatic rings. The number of hydrogen-bond acceptors (Lipinski definition) is 5. The summed E-state index contributed by atoms with van der Waals surface area (Å²) in [5.74, 6) is 0.962. The first-order chi connectivity index (χ1) is 9.52. The Balaban J connectivity index is 2.73. The van der Waals surface area contributed by atoms with Crippen molar-refractivity contribution >= 4 is 16.1 Å². The summed E-state index contributed by atoms with van der Waals surface area (Å²) >= 11 is 0. The highest BCUT2D eigenvalue weighted by Crippen LogP contribution is 2.24. The fourth-order valence-corrected chi connectivity index (χ4v) is 2.10. The van der Waals surface area contributed by atoms with Crippen LogP contribution in [0.3, 0.4) is 0 Å². The lowest BCUT2D eigenvalue weighted by Gasteiger charge is -2.11. The van der Waals surface area contributed by atoms with Gasteiger partial charge in [0.15, 0.2) is 16.1 Å². The van der Waals surface area contributed by atoms with Crippen LogP contribution in [0.15, 0.2) is 18.2 Å².